The molecule has 0 N–H and O–H groups in total. The number of hydrogen-bond donors (Lipinski definition) is 0. The van der Waals surface area contributed by atoms with E-state index in [2.05, 4.69) is 31.2 Å². The van der Waals surface area contributed by atoms with Gasteiger partial charge < -0.3 is 0 Å². The van der Waals surface area contributed by atoms with Crippen molar-refractivity contribution in [3.63, 3.8) is 0 Å². The van der Waals surface area contributed by atoms with E-state index in [4.69, 9.17) is 11.6 Å². The molecule has 0 amide bonds. The van der Waals surface area contributed by atoms with Crippen LogP contribution < -0.4 is 0 Å². The van der Waals surface area contributed by atoms with E-state index in [9.17, 15) is 0 Å². The van der Waals surface area contributed by atoms with Crippen LogP contribution in [0.15, 0.2) is 24.3 Å². The highest BCUT2D eigenvalue weighted by Gasteiger charge is 2.28. The summed E-state index contributed by atoms with van der Waals surface area (Å²) in [4.78, 5) is 0. The average molecular weight is 209 g/mol. The summed E-state index contributed by atoms with van der Waals surface area (Å²) in [6.07, 6.45) is 4.96. The fourth-order valence-electron chi connectivity index (χ4n) is 1.75. The molecule has 0 saturated heterocycles. The van der Waals surface area contributed by atoms with E-state index in [0.29, 0.717) is 5.38 Å². The molecule has 76 valence electrons. The summed E-state index contributed by atoms with van der Waals surface area (Å²) in [7, 11) is 0. The lowest BCUT2D eigenvalue weighted by Crippen LogP contribution is -2.02. The first-order chi connectivity index (χ1) is 6.75. The predicted octanol–water partition coefficient (Wildman–Crippen LogP) is 3.95. The highest BCUT2D eigenvalue weighted by Crippen LogP contribution is 2.37. The molecule has 2 rings (SSSR count). The standard InChI is InChI=1S/C13H17Cl/c1-10-2-4-11(5-3-10)6-9-13(14)12-7-8-12/h2-5,12-13H,6-9H2,1H3. The van der Waals surface area contributed by atoms with E-state index < -0.39 is 0 Å². The van der Waals surface area contributed by atoms with Crippen LogP contribution in [0.3, 0.4) is 0 Å². The average Bonchev–Trinajstić information content (AvgIpc) is 3.00. The Labute approximate surface area is 91.3 Å². The maximum absolute atomic E-state index is 6.26. The molecule has 0 aromatic heterocycles. The van der Waals surface area contributed by atoms with Gasteiger partial charge in [-0.1, -0.05) is 29.8 Å². The summed E-state index contributed by atoms with van der Waals surface area (Å²) < 4.78 is 0. The Balaban J connectivity index is 1.82. The smallest absolute Gasteiger partial charge is 0.0367 e. The molecule has 1 aromatic carbocycles. The van der Waals surface area contributed by atoms with Crippen LogP contribution in [0.5, 0.6) is 0 Å². The molecule has 0 bridgehead atoms. The molecule has 0 heterocycles. The summed E-state index contributed by atoms with van der Waals surface area (Å²) >= 11 is 6.26. The molecule has 1 unspecified atom stereocenters. The Bertz CT molecular complexity index is 285. The lowest BCUT2D eigenvalue weighted by atomic mass is 10.0. The quantitative estimate of drug-likeness (QED) is 0.658. The van der Waals surface area contributed by atoms with Gasteiger partial charge >= 0.3 is 0 Å². The van der Waals surface area contributed by atoms with Gasteiger partial charge in [0.15, 0.2) is 0 Å². The molecular weight excluding hydrogens is 192 g/mol. The van der Waals surface area contributed by atoms with E-state index >= 15 is 0 Å². The van der Waals surface area contributed by atoms with Gasteiger partial charge in [-0.2, -0.15) is 0 Å². The van der Waals surface area contributed by atoms with Crippen molar-refractivity contribution in [1.82, 2.24) is 0 Å². The Morgan fingerprint density at radius 1 is 1.29 bits per heavy atom. The highest BCUT2D eigenvalue weighted by atomic mass is 35.5. The van der Waals surface area contributed by atoms with Crippen LogP contribution in [0, 0.1) is 12.8 Å². The first-order valence-electron chi connectivity index (χ1n) is 5.45. The van der Waals surface area contributed by atoms with Crippen LogP contribution in [-0.2, 0) is 6.42 Å². The monoisotopic (exact) mass is 208 g/mol. The summed E-state index contributed by atoms with van der Waals surface area (Å²) in [5.41, 5.74) is 2.75. The van der Waals surface area contributed by atoms with Gasteiger partial charge in [0.25, 0.3) is 0 Å². The van der Waals surface area contributed by atoms with Gasteiger partial charge in [-0.25, -0.2) is 0 Å². The molecule has 0 spiro atoms. The molecule has 1 aliphatic rings. The zero-order valence-corrected chi connectivity index (χ0v) is 9.43. The molecule has 1 heteroatoms. The van der Waals surface area contributed by atoms with E-state index in [1.54, 1.807) is 0 Å². The number of benzene rings is 1. The van der Waals surface area contributed by atoms with Crippen LogP contribution in [0.1, 0.15) is 30.4 Å². The molecule has 1 atom stereocenters. The Morgan fingerprint density at radius 2 is 1.93 bits per heavy atom. The second kappa shape index (κ2) is 4.35. The first kappa shape index (κ1) is 10.0. The van der Waals surface area contributed by atoms with Gasteiger partial charge in [-0.3, -0.25) is 0 Å². The van der Waals surface area contributed by atoms with Crippen molar-refractivity contribution in [3.05, 3.63) is 35.4 Å². The van der Waals surface area contributed by atoms with Crippen molar-refractivity contribution in [2.75, 3.05) is 0 Å². The maximum atomic E-state index is 6.26. The van der Waals surface area contributed by atoms with Crippen LogP contribution >= 0.6 is 11.6 Å². The molecule has 14 heavy (non-hydrogen) atoms. The number of hydrogen-bond acceptors (Lipinski definition) is 0. The SMILES string of the molecule is Cc1ccc(CCC(Cl)C2CC2)cc1. The molecule has 0 radical (unpaired) electrons. The fraction of sp³-hybridized carbons (Fsp3) is 0.538. The molecule has 1 aliphatic carbocycles. The zero-order valence-electron chi connectivity index (χ0n) is 8.67. The summed E-state index contributed by atoms with van der Waals surface area (Å²) in [6, 6.07) is 8.78. The Kier molecular flexibility index (Phi) is 3.12. The van der Waals surface area contributed by atoms with Crippen molar-refractivity contribution in [3.8, 4) is 0 Å². The number of aryl methyl sites for hydroxylation is 2. The maximum Gasteiger partial charge on any atom is 0.0367 e. The third kappa shape index (κ3) is 2.75. The molecule has 1 saturated carbocycles. The largest absolute Gasteiger partial charge is 0.123 e. The van der Waals surface area contributed by atoms with Gasteiger partial charge in [-0.05, 0) is 44.1 Å². The van der Waals surface area contributed by atoms with E-state index in [1.165, 1.54) is 24.0 Å². The topological polar surface area (TPSA) is 0 Å². The third-order valence-corrected chi connectivity index (χ3v) is 3.54. The minimum atomic E-state index is 0.413. The minimum absolute atomic E-state index is 0.413. The second-order valence-corrected chi connectivity index (χ2v) is 4.94. The van der Waals surface area contributed by atoms with Crippen LogP contribution in [0.4, 0.5) is 0 Å². The van der Waals surface area contributed by atoms with Crippen molar-refractivity contribution in [1.29, 1.82) is 0 Å². The molecule has 1 aromatic rings. The van der Waals surface area contributed by atoms with Gasteiger partial charge in [-0.15, -0.1) is 11.6 Å². The lowest BCUT2D eigenvalue weighted by molar-refractivity contribution is 0.676. The Morgan fingerprint density at radius 3 is 2.50 bits per heavy atom. The van der Waals surface area contributed by atoms with Crippen molar-refractivity contribution >= 4 is 11.6 Å². The van der Waals surface area contributed by atoms with Crippen LogP contribution in [-0.4, -0.2) is 5.38 Å². The third-order valence-electron chi connectivity index (χ3n) is 2.96. The molecule has 1 fully saturated rings. The van der Waals surface area contributed by atoms with Crippen molar-refractivity contribution in [2.24, 2.45) is 5.92 Å². The fourth-order valence-corrected chi connectivity index (χ4v) is 2.11. The van der Waals surface area contributed by atoms with E-state index in [1.807, 2.05) is 0 Å². The number of rotatable bonds is 4. The summed E-state index contributed by atoms with van der Waals surface area (Å²) in [5.74, 6) is 0.821. The van der Waals surface area contributed by atoms with Crippen LogP contribution in [0.2, 0.25) is 0 Å². The first-order valence-corrected chi connectivity index (χ1v) is 5.89. The Hall–Kier alpha value is -0.490. The summed E-state index contributed by atoms with van der Waals surface area (Å²) in [5, 5.41) is 0.413. The van der Waals surface area contributed by atoms with Crippen molar-refractivity contribution < 1.29 is 0 Å². The molecule has 0 aliphatic heterocycles. The zero-order chi connectivity index (χ0) is 9.97. The van der Waals surface area contributed by atoms with Gasteiger partial charge in [0.2, 0.25) is 0 Å². The normalized spacial score (nSPS) is 18.1. The minimum Gasteiger partial charge on any atom is -0.123 e. The second-order valence-electron chi connectivity index (χ2n) is 4.38. The van der Waals surface area contributed by atoms with Gasteiger partial charge in [0, 0.05) is 5.38 Å². The predicted molar refractivity (Wildman–Crippen MR) is 61.9 cm³/mol. The van der Waals surface area contributed by atoms with E-state index in [-0.39, 0.29) is 0 Å². The summed E-state index contributed by atoms with van der Waals surface area (Å²) in [6.45, 7) is 2.12. The van der Waals surface area contributed by atoms with Gasteiger partial charge in [0.05, 0.1) is 0 Å². The highest BCUT2D eigenvalue weighted by molar-refractivity contribution is 6.20. The van der Waals surface area contributed by atoms with E-state index in [0.717, 1.165) is 18.8 Å². The molecular formula is C13H17Cl. The molecule has 0 nitrogen and oxygen atoms in total. The van der Waals surface area contributed by atoms with Crippen molar-refractivity contribution in [2.45, 2.75) is 38.0 Å². The van der Waals surface area contributed by atoms with Gasteiger partial charge in [0.1, 0.15) is 0 Å². The van der Waals surface area contributed by atoms with Crippen LogP contribution in [0.25, 0.3) is 0 Å². The number of alkyl halides is 1. The lowest BCUT2D eigenvalue weighted by Gasteiger charge is -2.07. The number of halogens is 1.